The summed E-state index contributed by atoms with van der Waals surface area (Å²) < 4.78 is 10.8. The number of carbonyl (C=O) groups is 1. The molecule has 18 heavy (non-hydrogen) atoms. The summed E-state index contributed by atoms with van der Waals surface area (Å²) in [5.41, 5.74) is 0.775. The van der Waals surface area contributed by atoms with Gasteiger partial charge in [-0.25, -0.2) is 0 Å². The van der Waals surface area contributed by atoms with E-state index in [1.54, 1.807) is 6.92 Å². The summed E-state index contributed by atoms with van der Waals surface area (Å²) in [6.07, 6.45) is 0. The van der Waals surface area contributed by atoms with Crippen LogP contribution >= 0.6 is 0 Å². The summed E-state index contributed by atoms with van der Waals surface area (Å²) in [5, 5.41) is 0. The minimum atomic E-state index is -1.70. The molecule has 3 nitrogen and oxygen atoms in total. The van der Waals surface area contributed by atoms with E-state index in [0.717, 1.165) is 18.8 Å². The first kappa shape index (κ1) is 17.0. The number of rotatable bonds is 5. The van der Waals surface area contributed by atoms with Gasteiger partial charge in [-0.3, -0.25) is 4.79 Å². The molecule has 1 aromatic carbocycles. The molecule has 0 saturated carbocycles. The van der Waals surface area contributed by atoms with Crippen molar-refractivity contribution in [1.82, 2.24) is 0 Å². The molecule has 0 fully saturated rings. The van der Waals surface area contributed by atoms with Gasteiger partial charge in [-0.05, 0) is 33.9 Å². The van der Waals surface area contributed by atoms with Gasteiger partial charge < -0.3 is 8.85 Å². The van der Waals surface area contributed by atoms with Gasteiger partial charge in [0, 0.05) is 18.8 Å². The van der Waals surface area contributed by atoms with E-state index < -0.39 is 8.56 Å². The third-order valence-corrected chi connectivity index (χ3v) is 4.13. The van der Waals surface area contributed by atoms with E-state index in [-0.39, 0.29) is 5.78 Å². The molecule has 0 atom stereocenters. The summed E-state index contributed by atoms with van der Waals surface area (Å²) in [4.78, 5) is 10.6. The highest BCUT2D eigenvalue weighted by Gasteiger charge is 2.22. The lowest BCUT2D eigenvalue weighted by molar-refractivity contribution is 0.101. The van der Waals surface area contributed by atoms with E-state index in [9.17, 15) is 4.79 Å². The number of ketones is 1. The predicted molar refractivity (Wildman–Crippen MR) is 77.2 cm³/mol. The molecule has 0 N–H and O–H groups in total. The predicted octanol–water partition coefficient (Wildman–Crippen LogP) is 3.65. The van der Waals surface area contributed by atoms with Crippen molar-refractivity contribution in [3.8, 4) is 0 Å². The molecule has 102 valence electrons. The highest BCUT2D eigenvalue weighted by molar-refractivity contribution is 6.64. The smallest absolute Gasteiger partial charge is 0.331 e. The first-order valence-electron chi connectivity index (χ1n) is 6.26. The maximum Gasteiger partial charge on any atom is 0.331 e. The third-order valence-electron chi connectivity index (χ3n) is 2.16. The number of hydrogen-bond acceptors (Lipinski definition) is 3. The number of Topliss-reactive ketones (excluding diaryl/α,β-unsaturated/α-hetero) is 1. The van der Waals surface area contributed by atoms with Crippen LogP contribution in [0.3, 0.4) is 0 Å². The third kappa shape index (κ3) is 8.17. The van der Waals surface area contributed by atoms with Crippen LogP contribution in [0.2, 0.25) is 13.1 Å². The average molecular weight is 268 g/mol. The summed E-state index contributed by atoms with van der Waals surface area (Å²) in [5.74, 6) is 0.121. The maximum atomic E-state index is 10.6. The SMILES string of the molecule is CC(=O)c1ccccc1.CCO[Si](C)(C)OCC. The molecule has 0 heterocycles. The Morgan fingerprint density at radius 1 is 1.06 bits per heavy atom. The molecular weight excluding hydrogens is 244 g/mol. The van der Waals surface area contributed by atoms with Crippen molar-refractivity contribution in [2.75, 3.05) is 13.2 Å². The molecular formula is C14H24O3Si. The molecule has 0 aromatic heterocycles. The van der Waals surface area contributed by atoms with Crippen molar-refractivity contribution in [2.24, 2.45) is 0 Å². The highest BCUT2D eigenvalue weighted by atomic mass is 28.4. The van der Waals surface area contributed by atoms with Crippen molar-refractivity contribution >= 4 is 14.3 Å². The van der Waals surface area contributed by atoms with Crippen LogP contribution in [0.5, 0.6) is 0 Å². The van der Waals surface area contributed by atoms with Crippen LogP contribution < -0.4 is 0 Å². The standard InChI is InChI=1S/C8H8O.C6H16O2Si/c1-7(9)8-5-3-2-4-6-8;1-5-7-9(3,4)8-6-2/h2-6H,1H3;5-6H2,1-4H3. The molecule has 0 aliphatic carbocycles. The number of benzene rings is 1. The van der Waals surface area contributed by atoms with Gasteiger partial charge >= 0.3 is 8.56 Å². The largest absolute Gasteiger partial charge is 0.395 e. The Bertz CT molecular complexity index is 328. The van der Waals surface area contributed by atoms with Crippen LogP contribution in [0.1, 0.15) is 31.1 Å². The molecule has 0 aliphatic heterocycles. The first-order valence-corrected chi connectivity index (χ1v) is 9.08. The van der Waals surface area contributed by atoms with Gasteiger partial charge in [0.25, 0.3) is 0 Å². The van der Waals surface area contributed by atoms with Gasteiger partial charge in [-0.1, -0.05) is 30.3 Å². The molecule has 0 radical (unpaired) electrons. The summed E-state index contributed by atoms with van der Waals surface area (Å²) in [6, 6.07) is 9.23. The zero-order chi connectivity index (χ0) is 14.0. The van der Waals surface area contributed by atoms with Crippen molar-refractivity contribution < 1.29 is 13.6 Å². The normalized spacial score (nSPS) is 10.5. The van der Waals surface area contributed by atoms with Crippen molar-refractivity contribution in [2.45, 2.75) is 33.9 Å². The van der Waals surface area contributed by atoms with Crippen LogP contribution in [0.25, 0.3) is 0 Å². The van der Waals surface area contributed by atoms with Crippen molar-refractivity contribution in [3.63, 3.8) is 0 Å². The van der Waals surface area contributed by atoms with Gasteiger partial charge in [0.2, 0.25) is 0 Å². The van der Waals surface area contributed by atoms with E-state index in [2.05, 4.69) is 13.1 Å². The van der Waals surface area contributed by atoms with Gasteiger partial charge in [0.05, 0.1) is 0 Å². The first-order chi connectivity index (χ1) is 8.43. The second kappa shape index (κ2) is 9.02. The molecule has 1 aromatic rings. The van der Waals surface area contributed by atoms with Gasteiger partial charge in [0.1, 0.15) is 0 Å². The Labute approximate surface area is 111 Å². The number of hydrogen-bond donors (Lipinski definition) is 0. The van der Waals surface area contributed by atoms with Crippen molar-refractivity contribution in [1.29, 1.82) is 0 Å². The van der Waals surface area contributed by atoms with Gasteiger partial charge in [0.15, 0.2) is 5.78 Å². The monoisotopic (exact) mass is 268 g/mol. The molecule has 0 aliphatic rings. The highest BCUT2D eigenvalue weighted by Crippen LogP contribution is 2.04. The zero-order valence-electron chi connectivity index (χ0n) is 12.0. The van der Waals surface area contributed by atoms with E-state index >= 15 is 0 Å². The molecule has 1 rings (SSSR count). The lowest BCUT2D eigenvalue weighted by Crippen LogP contribution is -2.34. The fourth-order valence-corrected chi connectivity index (χ4v) is 2.88. The average Bonchev–Trinajstić information content (AvgIpc) is 2.30. The Morgan fingerprint density at radius 2 is 1.50 bits per heavy atom. The lowest BCUT2D eigenvalue weighted by atomic mass is 10.2. The van der Waals surface area contributed by atoms with Crippen LogP contribution in [0, 0.1) is 0 Å². The fourth-order valence-electron chi connectivity index (χ4n) is 1.41. The van der Waals surface area contributed by atoms with Crippen LogP contribution in [0.15, 0.2) is 30.3 Å². The minimum Gasteiger partial charge on any atom is -0.395 e. The van der Waals surface area contributed by atoms with Gasteiger partial charge in [-0.2, -0.15) is 0 Å². The molecule has 0 bridgehead atoms. The van der Waals surface area contributed by atoms with Crippen molar-refractivity contribution in [3.05, 3.63) is 35.9 Å². The Balaban J connectivity index is 0.000000321. The molecule has 4 heteroatoms. The Hall–Kier alpha value is -0.973. The number of carbonyl (C=O) groups excluding carboxylic acids is 1. The summed E-state index contributed by atoms with van der Waals surface area (Å²) in [7, 11) is -1.70. The fraction of sp³-hybridized carbons (Fsp3) is 0.500. The summed E-state index contributed by atoms with van der Waals surface area (Å²) in [6.45, 7) is 11.2. The van der Waals surface area contributed by atoms with Crippen LogP contribution in [0.4, 0.5) is 0 Å². The Kier molecular flexibility index (Phi) is 8.54. The molecule has 0 unspecified atom stereocenters. The quantitative estimate of drug-likeness (QED) is 0.604. The zero-order valence-corrected chi connectivity index (χ0v) is 13.0. The minimum absolute atomic E-state index is 0.121. The van der Waals surface area contributed by atoms with E-state index in [0.29, 0.717) is 0 Å². The van der Waals surface area contributed by atoms with Crippen LogP contribution in [-0.4, -0.2) is 27.6 Å². The van der Waals surface area contributed by atoms with E-state index in [4.69, 9.17) is 8.85 Å². The second-order valence-electron chi connectivity index (χ2n) is 4.19. The molecule has 0 amide bonds. The molecule has 0 spiro atoms. The van der Waals surface area contributed by atoms with E-state index in [1.807, 2.05) is 44.2 Å². The summed E-state index contributed by atoms with van der Waals surface area (Å²) >= 11 is 0. The van der Waals surface area contributed by atoms with Gasteiger partial charge in [-0.15, -0.1) is 0 Å². The molecule has 0 saturated heterocycles. The maximum absolute atomic E-state index is 10.6. The second-order valence-corrected chi connectivity index (χ2v) is 7.57. The van der Waals surface area contributed by atoms with Crippen LogP contribution in [-0.2, 0) is 8.85 Å². The topological polar surface area (TPSA) is 35.5 Å². The lowest BCUT2D eigenvalue weighted by Gasteiger charge is -2.20. The Morgan fingerprint density at radius 3 is 1.78 bits per heavy atom. The van der Waals surface area contributed by atoms with E-state index in [1.165, 1.54) is 0 Å².